The molecule has 0 heterocycles. The van der Waals surface area contributed by atoms with E-state index in [-0.39, 0.29) is 11.6 Å². The summed E-state index contributed by atoms with van der Waals surface area (Å²) in [7, 11) is 1.77. The van der Waals surface area contributed by atoms with Gasteiger partial charge in [-0.3, -0.25) is 0 Å². The Morgan fingerprint density at radius 2 is 1.76 bits per heavy atom. The SMILES string of the molecule is CCCCN(CC)C(=O)N(C)Cc1ccc(C(=O)O)cc1. The number of carboxylic acids is 1. The second kappa shape index (κ2) is 8.29. The first-order valence-corrected chi connectivity index (χ1v) is 7.31. The number of hydrogen-bond donors (Lipinski definition) is 1. The lowest BCUT2D eigenvalue weighted by atomic mass is 10.1. The number of unbranched alkanes of at least 4 members (excludes halogenated alkanes) is 1. The van der Waals surface area contributed by atoms with Crippen molar-refractivity contribution in [2.45, 2.75) is 33.2 Å². The van der Waals surface area contributed by atoms with Crippen LogP contribution in [0.5, 0.6) is 0 Å². The molecule has 0 saturated heterocycles. The van der Waals surface area contributed by atoms with Crippen molar-refractivity contribution < 1.29 is 14.7 Å². The van der Waals surface area contributed by atoms with Gasteiger partial charge in [0.25, 0.3) is 0 Å². The van der Waals surface area contributed by atoms with Gasteiger partial charge in [0.15, 0.2) is 0 Å². The molecule has 0 unspecified atom stereocenters. The van der Waals surface area contributed by atoms with Gasteiger partial charge < -0.3 is 14.9 Å². The van der Waals surface area contributed by atoms with E-state index in [1.54, 1.807) is 36.2 Å². The molecule has 2 amide bonds. The molecule has 0 aliphatic carbocycles. The number of carbonyl (C=O) groups is 2. The molecule has 1 rings (SSSR count). The van der Waals surface area contributed by atoms with Crippen LogP contribution in [0, 0.1) is 0 Å². The molecule has 1 aromatic carbocycles. The molecule has 0 spiro atoms. The first-order chi connectivity index (χ1) is 9.99. The van der Waals surface area contributed by atoms with Crippen molar-refractivity contribution in [3.8, 4) is 0 Å². The fraction of sp³-hybridized carbons (Fsp3) is 0.500. The highest BCUT2D eigenvalue weighted by molar-refractivity contribution is 5.87. The van der Waals surface area contributed by atoms with Crippen LogP contribution in [-0.2, 0) is 6.54 Å². The third kappa shape index (κ3) is 5.10. The summed E-state index contributed by atoms with van der Waals surface area (Å²) in [4.78, 5) is 26.6. The summed E-state index contributed by atoms with van der Waals surface area (Å²) < 4.78 is 0. The summed E-state index contributed by atoms with van der Waals surface area (Å²) in [6.07, 6.45) is 2.06. The molecule has 0 atom stereocenters. The maximum atomic E-state index is 12.3. The Labute approximate surface area is 126 Å². The van der Waals surface area contributed by atoms with Crippen LogP contribution in [0.3, 0.4) is 0 Å². The predicted molar refractivity (Wildman–Crippen MR) is 82.4 cm³/mol. The van der Waals surface area contributed by atoms with E-state index in [0.29, 0.717) is 13.1 Å². The number of benzene rings is 1. The van der Waals surface area contributed by atoms with E-state index in [1.165, 1.54) is 0 Å². The van der Waals surface area contributed by atoms with Crippen LogP contribution < -0.4 is 0 Å². The average molecular weight is 292 g/mol. The van der Waals surface area contributed by atoms with Gasteiger partial charge in [-0.2, -0.15) is 0 Å². The number of carbonyl (C=O) groups excluding carboxylic acids is 1. The number of nitrogens with zero attached hydrogens (tertiary/aromatic N) is 2. The van der Waals surface area contributed by atoms with Crippen LogP contribution in [0.25, 0.3) is 0 Å². The Morgan fingerprint density at radius 3 is 2.24 bits per heavy atom. The van der Waals surface area contributed by atoms with Crippen molar-refractivity contribution in [1.29, 1.82) is 0 Å². The van der Waals surface area contributed by atoms with Gasteiger partial charge in [0.1, 0.15) is 0 Å². The van der Waals surface area contributed by atoms with Crippen molar-refractivity contribution in [3.63, 3.8) is 0 Å². The van der Waals surface area contributed by atoms with E-state index in [2.05, 4.69) is 6.92 Å². The molecule has 116 valence electrons. The van der Waals surface area contributed by atoms with Crippen LogP contribution in [0.2, 0.25) is 0 Å². The van der Waals surface area contributed by atoms with Crippen LogP contribution >= 0.6 is 0 Å². The number of rotatable bonds is 7. The van der Waals surface area contributed by atoms with Crippen LogP contribution in [-0.4, -0.2) is 47.0 Å². The van der Waals surface area contributed by atoms with Gasteiger partial charge >= 0.3 is 12.0 Å². The first kappa shape index (κ1) is 17.0. The summed E-state index contributed by atoms with van der Waals surface area (Å²) in [6, 6.07) is 6.62. The molecule has 0 aliphatic heterocycles. The Balaban J connectivity index is 2.64. The number of carboxylic acid groups (broad SMARTS) is 1. The molecule has 0 fully saturated rings. The molecule has 0 bridgehead atoms. The van der Waals surface area contributed by atoms with Crippen molar-refractivity contribution in [1.82, 2.24) is 9.80 Å². The van der Waals surface area contributed by atoms with E-state index in [1.807, 2.05) is 11.8 Å². The molecule has 5 heteroatoms. The smallest absolute Gasteiger partial charge is 0.335 e. The average Bonchev–Trinajstić information content (AvgIpc) is 2.48. The van der Waals surface area contributed by atoms with E-state index in [9.17, 15) is 9.59 Å². The Kier molecular flexibility index (Phi) is 6.72. The van der Waals surface area contributed by atoms with Gasteiger partial charge in [-0.05, 0) is 31.0 Å². The third-order valence-corrected chi connectivity index (χ3v) is 3.38. The molecule has 1 N–H and O–H groups in total. The Morgan fingerprint density at radius 1 is 1.14 bits per heavy atom. The van der Waals surface area contributed by atoms with Gasteiger partial charge in [-0.1, -0.05) is 25.5 Å². The molecule has 5 nitrogen and oxygen atoms in total. The first-order valence-electron chi connectivity index (χ1n) is 7.31. The zero-order valence-corrected chi connectivity index (χ0v) is 13.0. The van der Waals surface area contributed by atoms with E-state index >= 15 is 0 Å². The lowest BCUT2D eigenvalue weighted by Crippen LogP contribution is -2.41. The predicted octanol–water partition coefficient (Wildman–Crippen LogP) is 3.06. The molecule has 0 saturated carbocycles. The topological polar surface area (TPSA) is 60.9 Å². The van der Waals surface area contributed by atoms with E-state index in [0.717, 1.165) is 24.9 Å². The zero-order chi connectivity index (χ0) is 15.8. The van der Waals surface area contributed by atoms with Crippen molar-refractivity contribution in [3.05, 3.63) is 35.4 Å². The minimum atomic E-state index is -0.942. The third-order valence-electron chi connectivity index (χ3n) is 3.38. The maximum Gasteiger partial charge on any atom is 0.335 e. The van der Waals surface area contributed by atoms with Crippen molar-refractivity contribution in [2.75, 3.05) is 20.1 Å². The number of amides is 2. The summed E-state index contributed by atoms with van der Waals surface area (Å²) in [5.41, 5.74) is 1.17. The largest absolute Gasteiger partial charge is 0.478 e. The van der Waals surface area contributed by atoms with Crippen LogP contribution in [0.15, 0.2) is 24.3 Å². The van der Waals surface area contributed by atoms with E-state index in [4.69, 9.17) is 5.11 Å². The van der Waals surface area contributed by atoms with E-state index < -0.39 is 5.97 Å². The molecule has 1 aromatic rings. The molecular formula is C16H24N2O3. The quantitative estimate of drug-likeness (QED) is 0.840. The van der Waals surface area contributed by atoms with Crippen LogP contribution in [0.4, 0.5) is 4.79 Å². The van der Waals surface area contributed by atoms with Gasteiger partial charge in [0.05, 0.1) is 5.56 Å². The normalized spacial score (nSPS) is 10.2. The Hall–Kier alpha value is -2.04. The highest BCUT2D eigenvalue weighted by Gasteiger charge is 2.16. The minimum absolute atomic E-state index is 0.00765. The molecule has 0 aromatic heterocycles. The molecule has 21 heavy (non-hydrogen) atoms. The standard InChI is InChI=1S/C16H24N2O3/c1-4-6-11-18(5-2)16(21)17(3)12-13-7-9-14(10-8-13)15(19)20/h7-10H,4-6,11-12H2,1-3H3,(H,19,20). The fourth-order valence-corrected chi connectivity index (χ4v) is 2.07. The van der Waals surface area contributed by atoms with Crippen LogP contribution in [0.1, 0.15) is 42.6 Å². The highest BCUT2D eigenvalue weighted by atomic mass is 16.4. The maximum absolute atomic E-state index is 12.3. The minimum Gasteiger partial charge on any atom is -0.478 e. The molecular weight excluding hydrogens is 268 g/mol. The lowest BCUT2D eigenvalue weighted by Gasteiger charge is -2.27. The summed E-state index contributed by atoms with van der Waals surface area (Å²) >= 11 is 0. The second-order valence-corrected chi connectivity index (χ2v) is 5.07. The molecule has 0 radical (unpaired) electrons. The zero-order valence-electron chi connectivity index (χ0n) is 13.0. The summed E-state index contributed by atoms with van der Waals surface area (Å²) in [6.45, 7) is 6.02. The highest BCUT2D eigenvalue weighted by Crippen LogP contribution is 2.09. The van der Waals surface area contributed by atoms with Crippen molar-refractivity contribution in [2.24, 2.45) is 0 Å². The monoisotopic (exact) mass is 292 g/mol. The van der Waals surface area contributed by atoms with Gasteiger partial charge in [0.2, 0.25) is 0 Å². The van der Waals surface area contributed by atoms with Gasteiger partial charge in [-0.15, -0.1) is 0 Å². The van der Waals surface area contributed by atoms with Gasteiger partial charge in [-0.25, -0.2) is 9.59 Å². The Bertz CT molecular complexity index is 471. The van der Waals surface area contributed by atoms with Crippen molar-refractivity contribution >= 4 is 12.0 Å². The number of hydrogen-bond acceptors (Lipinski definition) is 2. The summed E-state index contributed by atoms with van der Waals surface area (Å²) in [5.74, 6) is -0.942. The molecule has 0 aliphatic rings. The lowest BCUT2D eigenvalue weighted by molar-refractivity contribution is 0.0696. The number of aromatic carboxylic acids is 1. The second-order valence-electron chi connectivity index (χ2n) is 5.07. The fourth-order valence-electron chi connectivity index (χ4n) is 2.07. The van der Waals surface area contributed by atoms with Gasteiger partial charge in [0, 0.05) is 26.7 Å². The number of urea groups is 1. The summed E-state index contributed by atoms with van der Waals surface area (Å²) in [5, 5.41) is 8.86.